The molecule has 2 amide bonds. The van der Waals surface area contributed by atoms with Crippen molar-refractivity contribution in [1.82, 2.24) is 25.1 Å². The number of likely N-dealkylation sites (tertiary alicyclic amines) is 1. The summed E-state index contributed by atoms with van der Waals surface area (Å²) in [5, 5.41) is 11.1. The molecule has 0 aliphatic carbocycles. The number of para-hydroxylation sites is 1. The fourth-order valence-electron chi connectivity index (χ4n) is 4.02. The zero-order valence-corrected chi connectivity index (χ0v) is 16.4. The van der Waals surface area contributed by atoms with Crippen molar-refractivity contribution in [1.29, 1.82) is 0 Å². The average molecular weight is 404 g/mol. The van der Waals surface area contributed by atoms with E-state index in [-0.39, 0.29) is 24.2 Å². The van der Waals surface area contributed by atoms with Crippen LogP contribution in [0.5, 0.6) is 0 Å². The molecule has 1 N–H and O–H groups in total. The molecule has 4 heterocycles. The first-order chi connectivity index (χ1) is 14.6. The number of fused-ring (bicyclic) bond motifs is 1. The summed E-state index contributed by atoms with van der Waals surface area (Å²) in [6.07, 6.45) is 4.14. The Kier molecular flexibility index (Phi) is 4.50. The molecule has 0 spiro atoms. The minimum Gasteiger partial charge on any atom is -0.419 e. The van der Waals surface area contributed by atoms with E-state index in [9.17, 15) is 9.59 Å². The predicted molar refractivity (Wildman–Crippen MR) is 106 cm³/mol. The topological polar surface area (TPSA) is 114 Å². The highest BCUT2D eigenvalue weighted by Gasteiger charge is 2.37. The summed E-state index contributed by atoms with van der Waals surface area (Å²) in [6, 6.07) is 7.46. The van der Waals surface area contributed by atoms with Crippen LogP contribution in [-0.4, -0.2) is 50.0 Å². The molecule has 152 valence electrons. The van der Waals surface area contributed by atoms with Crippen LogP contribution in [0, 0.1) is 6.92 Å². The Morgan fingerprint density at radius 3 is 2.90 bits per heavy atom. The molecule has 9 nitrogen and oxygen atoms in total. The molecule has 3 aromatic rings. The molecule has 2 atom stereocenters. The third-order valence-electron chi connectivity index (χ3n) is 5.59. The van der Waals surface area contributed by atoms with Gasteiger partial charge in [0.2, 0.25) is 17.7 Å². The third kappa shape index (κ3) is 3.32. The van der Waals surface area contributed by atoms with E-state index in [2.05, 4.69) is 25.5 Å². The van der Waals surface area contributed by atoms with Gasteiger partial charge in [-0.2, -0.15) is 0 Å². The van der Waals surface area contributed by atoms with Crippen molar-refractivity contribution in [2.45, 2.75) is 31.6 Å². The molecule has 0 radical (unpaired) electrons. The number of carbonyl (C=O) groups excluding carboxylic acids is 2. The highest BCUT2D eigenvalue weighted by molar-refractivity contribution is 6.01. The van der Waals surface area contributed by atoms with Gasteiger partial charge in [-0.05, 0) is 25.0 Å². The van der Waals surface area contributed by atoms with Gasteiger partial charge in [0.05, 0.1) is 23.7 Å². The molecular formula is C21H20N6O3. The molecule has 0 bridgehead atoms. The summed E-state index contributed by atoms with van der Waals surface area (Å²) >= 11 is 0. The maximum absolute atomic E-state index is 13.2. The molecule has 1 fully saturated rings. The SMILES string of the molecule is Cc1cnc(-c2nnc([C@H]3CCN(C(=O)[C@@H]4CC(=O)Nc5ccccc54)C3)o2)cn1. The molecule has 30 heavy (non-hydrogen) atoms. The summed E-state index contributed by atoms with van der Waals surface area (Å²) < 4.78 is 5.81. The largest absolute Gasteiger partial charge is 0.419 e. The van der Waals surface area contributed by atoms with E-state index in [4.69, 9.17) is 4.42 Å². The van der Waals surface area contributed by atoms with Gasteiger partial charge in [0.1, 0.15) is 5.69 Å². The monoisotopic (exact) mass is 404 g/mol. The van der Waals surface area contributed by atoms with Crippen molar-refractivity contribution in [3.63, 3.8) is 0 Å². The minimum atomic E-state index is -0.463. The fraction of sp³-hybridized carbons (Fsp3) is 0.333. The summed E-state index contributed by atoms with van der Waals surface area (Å²) in [7, 11) is 0. The number of aromatic nitrogens is 4. The Morgan fingerprint density at radius 1 is 1.20 bits per heavy atom. The van der Waals surface area contributed by atoms with E-state index < -0.39 is 5.92 Å². The van der Waals surface area contributed by atoms with Crippen LogP contribution in [0.3, 0.4) is 0 Å². The zero-order valence-electron chi connectivity index (χ0n) is 16.4. The van der Waals surface area contributed by atoms with Crippen LogP contribution in [0.15, 0.2) is 41.1 Å². The second-order valence-electron chi connectivity index (χ2n) is 7.65. The van der Waals surface area contributed by atoms with E-state index in [1.165, 1.54) is 0 Å². The number of anilines is 1. The van der Waals surface area contributed by atoms with Gasteiger partial charge in [-0.1, -0.05) is 18.2 Å². The highest BCUT2D eigenvalue weighted by atomic mass is 16.4. The summed E-state index contributed by atoms with van der Waals surface area (Å²) in [4.78, 5) is 35.5. The Balaban J connectivity index is 1.31. The number of amides is 2. The maximum Gasteiger partial charge on any atom is 0.267 e. The first-order valence-corrected chi connectivity index (χ1v) is 9.88. The predicted octanol–water partition coefficient (Wildman–Crippen LogP) is 2.28. The number of aryl methyl sites for hydroxylation is 1. The lowest BCUT2D eigenvalue weighted by Crippen LogP contribution is -2.37. The fourth-order valence-corrected chi connectivity index (χ4v) is 4.02. The summed E-state index contributed by atoms with van der Waals surface area (Å²) in [6.45, 7) is 2.93. The lowest BCUT2D eigenvalue weighted by atomic mass is 9.89. The summed E-state index contributed by atoms with van der Waals surface area (Å²) in [5.41, 5.74) is 2.91. The van der Waals surface area contributed by atoms with Gasteiger partial charge in [-0.3, -0.25) is 14.6 Å². The zero-order chi connectivity index (χ0) is 20.7. The van der Waals surface area contributed by atoms with Crippen molar-refractivity contribution in [2.75, 3.05) is 18.4 Å². The molecule has 1 saturated heterocycles. The molecular weight excluding hydrogens is 384 g/mol. The molecule has 2 aliphatic heterocycles. The Bertz CT molecular complexity index is 1110. The van der Waals surface area contributed by atoms with Crippen LogP contribution in [0.2, 0.25) is 0 Å². The van der Waals surface area contributed by atoms with Gasteiger partial charge in [0.25, 0.3) is 5.89 Å². The van der Waals surface area contributed by atoms with Gasteiger partial charge in [0, 0.05) is 31.4 Å². The highest BCUT2D eigenvalue weighted by Crippen LogP contribution is 2.36. The van der Waals surface area contributed by atoms with Crippen LogP contribution in [0.1, 0.15) is 41.8 Å². The van der Waals surface area contributed by atoms with E-state index in [0.717, 1.165) is 17.7 Å². The van der Waals surface area contributed by atoms with Crippen molar-refractivity contribution >= 4 is 17.5 Å². The molecule has 0 unspecified atom stereocenters. The van der Waals surface area contributed by atoms with E-state index in [1.54, 1.807) is 17.3 Å². The molecule has 2 aliphatic rings. The van der Waals surface area contributed by atoms with Gasteiger partial charge >= 0.3 is 0 Å². The first kappa shape index (κ1) is 18.4. The van der Waals surface area contributed by atoms with Crippen molar-refractivity contribution in [2.24, 2.45) is 0 Å². The number of nitrogens with one attached hydrogen (secondary N) is 1. The number of rotatable bonds is 3. The normalized spacial score (nSPS) is 20.7. The van der Waals surface area contributed by atoms with Crippen LogP contribution in [0.4, 0.5) is 5.69 Å². The molecule has 2 aromatic heterocycles. The average Bonchev–Trinajstić information content (AvgIpc) is 3.43. The second-order valence-corrected chi connectivity index (χ2v) is 7.65. The quantitative estimate of drug-likeness (QED) is 0.712. The van der Waals surface area contributed by atoms with Gasteiger partial charge in [0.15, 0.2) is 0 Å². The molecule has 1 aromatic carbocycles. The Hall–Kier alpha value is -3.62. The molecule has 0 saturated carbocycles. The summed E-state index contributed by atoms with van der Waals surface area (Å²) in [5.74, 6) is 0.133. The lowest BCUT2D eigenvalue weighted by Gasteiger charge is -2.28. The van der Waals surface area contributed by atoms with E-state index in [1.807, 2.05) is 31.2 Å². The van der Waals surface area contributed by atoms with Crippen LogP contribution in [-0.2, 0) is 9.59 Å². The smallest absolute Gasteiger partial charge is 0.267 e. The maximum atomic E-state index is 13.2. The van der Waals surface area contributed by atoms with Gasteiger partial charge < -0.3 is 14.6 Å². The van der Waals surface area contributed by atoms with Crippen LogP contribution < -0.4 is 5.32 Å². The number of hydrogen-bond donors (Lipinski definition) is 1. The van der Waals surface area contributed by atoms with Crippen molar-refractivity contribution in [3.05, 3.63) is 53.8 Å². The lowest BCUT2D eigenvalue weighted by molar-refractivity contribution is -0.134. The Morgan fingerprint density at radius 2 is 2.07 bits per heavy atom. The standard InChI is InChI=1S/C21H20N6O3/c1-12-9-23-17(10-22-12)20-26-25-19(30-20)13-6-7-27(11-13)21(29)15-8-18(28)24-16-5-3-2-4-14(15)16/h2-5,9-10,13,15H,6-8,11H2,1H3,(H,24,28)/t13-,15+/m0/s1. The van der Waals surface area contributed by atoms with Gasteiger partial charge in [-0.25, -0.2) is 4.98 Å². The van der Waals surface area contributed by atoms with Crippen LogP contribution in [0.25, 0.3) is 11.6 Å². The minimum absolute atomic E-state index is 0.0380. The Labute approximate surface area is 172 Å². The number of hydrogen-bond acceptors (Lipinski definition) is 7. The third-order valence-corrected chi connectivity index (χ3v) is 5.59. The first-order valence-electron chi connectivity index (χ1n) is 9.88. The van der Waals surface area contributed by atoms with Crippen molar-refractivity contribution < 1.29 is 14.0 Å². The van der Waals surface area contributed by atoms with Crippen LogP contribution >= 0.6 is 0 Å². The van der Waals surface area contributed by atoms with E-state index in [0.29, 0.717) is 36.3 Å². The molecule has 9 heteroatoms. The number of benzene rings is 1. The number of nitrogens with zero attached hydrogens (tertiary/aromatic N) is 5. The molecule has 5 rings (SSSR count). The van der Waals surface area contributed by atoms with E-state index >= 15 is 0 Å². The second kappa shape index (κ2) is 7.33. The van der Waals surface area contributed by atoms with Gasteiger partial charge in [-0.15, -0.1) is 10.2 Å². The number of carbonyl (C=O) groups is 2. The van der Waals surface area contributed by atoms with Crippen molar-refractivity contribution in [3.8, 4) is 11.6 Å².